The molecule has 2 atom stereocenters. The van der Waals surface area contributed by atoms with Crippen LogP contribution in [0.15, 0.2) is 42.5 Å². The van der Waals surface area contributed by atoms with Crippen LogP contribution in [0.3, 0.4) is 0 Å². The summed E-state index contributed by atoms with van der Waals surface area (Å²) in [4.78, 5) is 30.9. The van der Waals surface area contributed by atoms with Crippen molar-refractivity contribution in [1.82, 2.24) is 4.90 Å². The summed E-state index contributed by atoms with van der Waals surface area (Å²) in [5, 5.41) is 12.0. The fraction of sp³-hybridized carbons (Fsp3) is 0.435. The molecule has 2 fully saturated rings. The number of non-ortho nitro benzene ring substituents is 1. The van der Waals surface area contributed by atoms with E-state index in [-0.39, 0.29) is 28.5 Å². The number of nitrogens with zero attached hydrogens (tertiary/aromatic N) is 4. The molecule has 2 aromatic rings. The minimum absolute atomic E-state index is 0.0452. The number of nitro benzene ring substituents is 1. The fourth-order valence-corrected chi connectivity index (χ4v) is 5.29. The Morgan fingerprint density at radius 3 is 2.66 bits per heavy atom. The Kier molecular flexibility index (Phi) is 5.65. The summed E-state index contributed by atoms with van der Waals surface area (Å²) in [6, 6.07) is 12.7. The van der Waals surface area contributed by atoms with E-state index >= 15 is 0 Å². The van der Waals surface area contributed by atoms with Crippen molar-refractivity contribution in [3.05, 3.63) is 63.2 Å². The summed E-state index contributed by atoms with van der Waals surface area (Å²) in [5.74, 6) is -0.170. The van der Waals surface area contributed by atoms with Crippen LogP contribution in [0, 0.1) is 16.0 Å². The zero-order chi connectivity index (χ0) is 22.2. The average molecular weight is 457 g/mol. The molecule has 0 aromatic heterocycles. The highest BCUT2D eigenvalue weighted by molar-refractivity contribution is 6.30. The molecule has 0 saturated carbocycles. The highest BCUT2D eigenvalue weighted by Crippen LogP contribution is 2.38. The molecule has 9 heteroatoms. The molecule has 168 valence electrons. The van der Waals surface area contributed by atoms with Gasteiger partial charge in [-0.2, -0.15) is 0 Å². The standard InChI is InChI=1S/C23H25ClN4O4/c24-17-2-1-3-18(14-17)25-6-8-26(9-7-25)23(29)20-13-16-12-19(28(30)31)4-5-21(16)27-10-11-32-15-22(20)27/h1-5,12,14,20,22H,6-11,13,15H2/t20-,22+/m1/s1. The lowest BCUT2D eigenvalue weighted by Crippen LogP contribution is -2.59. The van der Waals surface area contributed by atoms with Gasteiger partial charge < -0.3 is 19.4 Å². The lowest BCUT2D eigenvalue weighted by Gasteiger charge is -2.47. The van der Waals surface area contributed by atoms with Gasteiger partial charge in [0.05, 0.1) is 30.1 Å². The highest BCUT2D eigenvalue weighted by Gasteiger charge is 2.42. The van der Waals surface area contributed by atoms with E-state index in [0.717, 1.165) is 30.0 Å². The Balaban J connectivity index is 1.34. The Labute approximate surface area is 191 Å². The van der Waals surface area contributed by atoms with Crippen LogP contribution in [0.5, 0.6) is 0 Å². The number of hydrogen-bond donors (Lipinski definition) is 0. The van der Waals surface area contributed by atoms with Crippen molar-refractivity contribution in [3.8, 4) is 0 Å². The van der Waals surface area contributed by atoms with Crippen molar-refractivity contribution in [2.75, 3.05) is 55.7 Å². The monoisotopic (exact) mass is 456 g/mol. The van der Waals surface area contributed by atoms with Crippen LogP contribution >= 0.6 is 11.6 Å². The predicted molar refractivity (Wildman–Crippen MR) is 122 cm³/mol. The Hall–Kier alpha value is -2.84. The number of fused-ring (bicyclic) bond motifs is 3. The van der Waals surface area contributed by atoms with E-state index in [2.05, 4.69) is 9.80 Å². The van der Waals surface area contributed by atoms with E-state index in [4.69, 9.17) is 16.3 Å². The quantitative estimate of drug-likeness (QED) is 0.522. The largest absolute Gasteiger partial charge is 0.377 e. The summed E-state index contributed by atoms with van der Waals surface area (Å²) in [5.41, 5.74) is 2.99. The first-order valence-corrected chi connectivity index (χ1v) is 11.3. The molecule has 0 N–H and O–H groups in total. The van der Waals surface area contributed by atoms with E-state index in [0.29, 0.717) is 44.3 Å². The molecule has 2 aromatic carbocycles. The maximum Gasteiger partial charge on any atom is 0.269 e. The molecule has 0 radical (unpaired) electrons. The molecular weight excluding hydrogens is 432 g/mol. The van der Waals surface area contributed by atoms with Crippen LogP contribution < -0.4 is 9.80 Å². The number of anilines is 2. The van der Waals surface area contributed by atoms with Gasteiger partial charge in [0.15, 0.2) is 0 Å². The molecule has 0 bridgehead atoms. The second kappa shape index (κ2) is 8.60. The number of ether oxygens (including phenoxy) is 1. The molecule has 3 heterocycles. The van der Waals surface area contributed by atoms with Gasteiger partial charge in [0.1, 0.15) is 0 Å². The molecule has 3 aliphatic heterocycles. The normalized spacial score (nSPS) is 22.8. The molecule has 8 nitrogen and oxygen atoms in total. The van der Waals surface area contributed by atoms with Crippen LogP contribution in [0.1, 0.15) is 5.56 Å². The lowest BCUT2D eigenvalue weighted by atomic mass is 9.83. The van der Waals surface area contributed by atoms with Crippen molar-refractivity contribution in [2.24, 2.45) is 5.92 Å². The SMILES string of the molecule is O=C([C@@H]1Cc2cc([N+](=O)[O-])ccc2N2CCOC[C@@H]12)N1CCN(c2cccc(Cl)c2)CC1. The van der Waals surface area contributed by atoms with E-state index < -0.39 is 0 Å². The van der Waals surface area contributed by atoms with Gasteiger partial charge in [0, 0.05) is 61.3 Å². The highest BCUT2D eigenvalue weighted by atomic mass is 35.5. The molecule has 0 aliphatic carbocycles. The zero-order valence-electron chi connectivity index (χ0n) is 17.7. The third kappa shape index (κ3) is 3.89. The van der Waals surface area contributed by atoms with Crippen LogP contribution in [0.25, 0.3) is 0 Å². The van der Waals surface area contributed by atoms with Gasteiger partial charge in [0.25, 0.3) is 5.69 Å². The first-order valence-electron chi connectivity index (χ1n) is 10.9. The molecule has 2 saturated heterocycles. The van der Waals surface area contributed by atoms with Gasteiger partial charge in [-0.25, -0.2) is 0 Å². The van der Waals surface area contributed by atoms with E-state index in [1.165, 1.54) is 0 Å². The average Bonchev–Trinajstić information content (AvgIpc) is 2.83. The number of morpholine rings is 1. The van der Waals surface area contributed by atoms with E-state index in [9.17, 15) is 14.9 Å². The van der Waals surface area contributed by atoms with Crippen molar-refractivity contribution in [1.29, 1.82) is 0 Å². The van der Waals surface area contributed by atoms with Crippen LogP contribution in [0.2, 0.25) is 5.02 Å². The van der Waals surface area contributed by atoms with Crippen LogP contribution in [-0.2, 0) is 16.0 Å². The van der Waals surface area contributed by atoms with Crippen LogP contribution in [0.4, 0.5) is 17.1 Å². The molecular formula is C23H25ClN4O4. The van der Waals surface area contributed by atoms with Gasteiger partial charge in [-0.05, 0) is 36.2 Å². The maximum atomic E-state index is 13.6. The minimum Gasteiger partial charge on any atom is -0.377 e. The van der Waals surface area contributed by atoms with Gasteiger partial charge in [-0.1, -0.05) is 17.7 Å². The topological polar surface area (TPSA) is 79.2 Å². The number of carbonyl (C=O) groups is 1. The number of rotatable bonds is 3. The van der Waals surface area contributed by atoms with Gasteiger partial charge in [0.2, 0.25) is 5.91 Å². The third-order valence-electron chi connectivity index (χ3n) is 6.73. The van der Waals surface area contributed by atoms with E-state index in [1.54, 1.807) is 12.1 Å². The van der Waals surface area contributed by atoms with Gasteiger partial charge >= 0.3 is 0 Å². The summed E-state index contributed by atoms with van der Waals surface area (Å²) >= 11 is 6.13. The Morgan fingerprint density at radius 1 is 1.09 bits per heavy atom. The van der Waals surface area contributed by atoms with Crippen molar-refractivity contribution < 1.29 is 14.5 Å². The smallest absolute Gasteiger partial charge is 0.269 e. The molecule has 0 unspecified atom stereocenters. The molecule has 32 heavy (non-hydrogen) atoms. The van der Waals surface area contributed by atoms with Crippen molar-refractivity contribution >= 4 is 34.6 Å². The lowest BCUT2D eigenvalue weighted by molar-refractivity contribution is -0.384. The van der Waals surface area contributed by atoms with Crippen molar-refractivity contribution in [2.45, 2.75) is 12.5 Å². The summed E-state index contributed by atoms with van der Waals surface area (Å²) < 4.78 is 5.73. The summed E-state index contributed by atoms with van der Waals surface area (Å²) in [6.07, 6.45) is 0.495. The predicted octanol–water partition coefficient (Wildman–Crippen LogP) is 2.97. The third-order valence-corrected chi connectivity index (χ3v) is 6.97. The first-order chi connectivity index (χ1) is 15.5. The maximum absolute atomic E-state index is 13.6. The molecule has 1 amide bonds. The van der Waals surface area contributed by atoms with Crippen LogP contribution in [-0.4, -0.2) is 67.7 Å². The Morgan fingerprint density at radius 2 is 1.91 bits per heavy atom. The Bertz CT molecular complexity index is 1040. The number of benzene rings is 2. The number of amides is 1. The number of carbonyl (C=O) groups excluding carboxylic acids is 1. The second-order valence-corrected chi connectivity index (χ2v) is 8.95. The number of halogens is 1. The minimum atomic E-state index is -0.377. The fourth-order valence-electron chi connectivity index (χ4n) is 5.10. The van der Waals surface area contributed by atoms with Gasteiger partial charge in [-0.3, -0.25) is 14.9 Å². The summed E-state index contributed by atoms with van der Waals surface area (Å²) in [7, 11) is 0. The van der Waals surface area contributed by atoms with E-state index in [1.807, 2.05) is 35.2 Å². The van der Waals surface area contributed by atoms with Crippen molar-refractivity contribution in [3.63, 3.8) is 0 Å². The number of piperazine rings is 1. The molecule has 5 rings (SSSR count). The van der Waals surface area contributed by atoms with Gasteiger partial charge in [-0.15, -0.1) is 0 Å². The first kappa shape index (κ1) is 21.0. The molecule has 0 spiro atoms. The second-order valence-electron chi connectivity index (χ2n) is 8.51. The summed E-state index contributed by atoms with van der Waals surface area (Å²) in [6.45, 7) is 4.52. The number of hydrogen-bond acceptors (Lipinski definition) is 6. The molecule has 3 aliphatic rings. The zero-order valence-corrected chi connectivity index (χ0v) is 18.4. The number of nitro groups is 1.